The van der Waals surface area contributed by atoms with Crippen LogP contribution < -0.4 is 36.6 Å². The zero-order valence-electron chi connectivity index (χ0n) is 36.6. The minimum atomic E-state index is -1.09. The molecule has 62 heavy (non-hydrogen) atoms. The molecule has 1 aromatic heterocycles. The molecule has 1 unspecified atom stereocenters. The Balaban J connectivity index is 1.24. The Morgan fingerprint density at radius 1 is 0.742 bits per heavy atom. The average Bonchev–Trinajstić information content (AvgIpc) is 3.24. The van der Waals surface area contributed by atoms with E-state index in [9.17, 15) is 29.1 Å². The van der Waals surface area contributed by atoms with Gasteiger partial charge in [0.25, 0.3) is 11.8 Å². The summed E-state index contributed by atoms with van der Waals surface area (Å²) < 4.78 is 5.96. The maximum atomic E-state index is 13.6. The number of halogens is 1. The highest BCUT2D eigenvalue weighted by molar-refractivity contribution is 6.31. The van der Waals surface area contributed by atoms with Crippen LogP contribution in [0.5, 0.6) is 11.5 Å². The van der Waals surface area contributed by atoms with Crippen molar-refractivity contribution in [1.82, 2.24) is 31.6 Å². The molecule has 15 heteroatoms. The van der Waals surface area contributed by atoms with Crippen LogP contribution in [0.25, 0.3) is 10.9 Å². The summed E-state index contributed by atoms with van der Waals surface area (Å²) in [5.74, 6) is -1.07. The number of anilines is 1. The monoisotopic (exact) mass is 871 g/mol. The predicted molar refractivity (Wildman–Crippen MR) is 243 cm³/mol. The number of aliphatic hydroxyl groups excluding tert-OH is 1. The molecule has 0 aliphatic rings. The van der Waals surface area contributed by atoms with E-state index in [1.54, 1.807) is 61.7 Å². The molecule has 4 aromatic rings. The van der Waals surface area contributed by atoms with Crippen LogP contribution in [0.4, 0.5) is 5.69 Å². The van der Waals surface area contributed by atoms with Gasteiger partial charge in [0.15, 0.2) is 0 Å². The second-order valence-electron chi connectivity index (χ2n) is 16.0. The highest BCUT2D eigenvalue weighted by Crippen LogP contribution is 2.25. The lowest BCUT2D eigenvalue weighted by molar-refractivity contribution is -0.128. The smallest absolute Gasteiger partial charge is 0.251 e. The van der Waals surface area contributed by atoms with Gasteiger partial charge in [-0.1, -0.05) is 59.1 Å². The number of hydrogen-bond acceptors (Lipinski definition) is 9. The molecule has 0 aliphatic carbocycles. The number of ether oxygens (including phenoxy) is 1. The Bertz CT molecular complexity index is 2100. The first-order chi connectivity index (χ1) is 29.7. The summed E-state index contributed by atoms with van der Waals surface area (Å²) in [5, 5.41) is 30.1. The van der Waals surface area contributed by atoms with Gasteiger partial charge in [0.05, 0.1) is 24.1 Å². The van der Waals surface area contributed by atoms with E-state index in [0.29, 0.717) is 66.5 Å². The molecule has 14 nitrogen and oxygen atoms in total. The summed E-state index contributed by atoms with van der Waals surface area (Å²) in [6, 6.07) is 18.0. The molecule has 5 amide bonds. The highest BCUT2D eigenvalue weighted by Gasteiger charge is 2.31. The van der Waals surface area contributed by atoms with Crippen LogP contribution in [0.2, 0.25) is 5.02 Å². The molecular formula is C47H62ClN7O7. The van der Waals surface area contributed by atoms with Crippen molar-refractivity contribution in [3.8, 4) is 11.5 Å². The number of benzene rings is 3. The Hall–Kier alpha value is -5.73. The van der Waals surface area contributed by atoms with E-state index in [4.69, 9.17) is 16.3 Å². The van der Waals surface area contributed by atoms with Crippen molar-refractivity contribution < 1.29 is 33.8 Å². The molecule has 0 saturated heterocycles. The molecule has 0 aliphatic heterocycles. The number of carbonyl (C=O) groups is 5. The van der Waals surface area contributed by atoms with Crippen LogP contribution in [-0.2, 0) is 14.4 Å². The number of nitrogens with one attached hydrogen (secondary N) is 6. The summed E-state index contributed by atoms with van der Waals surface area (Å²) in [6.07, 6.45) is 3.98. The minimum Gasteiger partial charge on any atom is -0.457 e. The fourth-order valence-corrected chi connectivity index (χ4v) is 6.78. The molecule has 0 fully saturated rings. The van der Waals surface area contributed by atoms with Crippen molar-refractivity contribution in [2.24, 2.45) is 11.8 Å². The second kappa shape index (κ2) is 24.6. The van der Waals surface area contributed by atoms with Gasteiger partial charge in [0, 0.05) is 53.1 Å². The summed E-state index contributed by atoms with van der Waals surface area (Å²) in [4.78, 5) is 69.4. The molecule has 0 spiro atoms. The third kappa shape index (κ3) is 15.3. The normalized spacial score (nSPS) is 13.6. The summed E-state index contributed by atoms with van der Waals surface area (Å²) in [7, 11) is 0. The van der Waals surface area contributed by atoms with Crippen molar-refractivity contribution >= 4 is 57.7 Å². The Morgan fingerprint density at radius 3 is 1.98 bits per heavy atom. The maximum absolute atomic E-state index is 13.6. The standard InChI is InChI=1S/C47H62ClN7O7/c1-7-9-22-51-42(57)28-41(56)40(26-29(3)4)54-47(61)43(30(5)8-2)55-46(60)33-13-18-36(19-14-33)62-35-16-11-32(12-17-35)45(59)53-31(6)44(58)52-24-10-23-49-38-21-25-50-39-27-34(48)15-20-37(38)39/h11-21,25,27,29-31,40-41,43,56H,7-10,22-24,26,28H2,1-6H3,(H,49,50)(H,51,57)(H,52,58)(H,53,59)(H,54,61)(H,55,60)/t30?,31-,40-,41-,43-/m0/s1. The number of nitrogens with zero attached hydrogens (tertiary/aromatic N) is 1. The molecule has 0 bridgehead atoms. The lowest BCUT2D eigenvalue weighted by Gasteiger charge is -2.30. The fourth-order valence-electron chi connectivity index (χ4n) is 6.61. The first-order valence-electron chi connectivity index (χ1n) is 21.5. The SMILES string of the molecule is CCCCNC(=O)C[C@H](O)[C@H](CC(C)C)NC(=O)[C@@H](NC(=O)c1ccc(Oc2ccc(C(=O)N[C@@H](C)C(=O)NCCCNc3ccnc4cc(Cl)ccc34)cc2)cc1)C(C)CC. The van der Waals surface area contributed by atoms with Gasteiger partial charge in [0.2, 0.25) is 17.7 Å². The van der Waals surface area contributed by atoms with Gasteiger partial charge in [-0.25, -0.2) is 0 Å². The average molecular weight is 873 g/mol. The molecule has 1 heterocycles. The van der Waals surface area contributed by atoms with Crippen LogP contribution in [0.15, 0.2) is 79.0 Å². The largest absolute Gasteiger partial charge is 0.457 e. The van der Waals surface area contributed by atoms with Crippen LogP contribution in [0, 0.1) is 11.8 Å². The number of rotatable bonds is 24. The molecule has 7 N–H and O–H groups in total. The van der Waals surface area contributed by atoms with Crippen LogP contribution in [0.3, 0.4) is 0 Å². The van der Waals surface area contributed by atoms with E-state index >= 15 is 0 Å². The van der Waals surface area contributed by atoms with Crippen molar-refractivity contribution in [3.63, 3.8) is 0 Å². The number of hydrogen-bond donors (Lipinski definition) is 7. The Kier molecular flexibility index (Phi) is 19.5. The topological polar surface area (TPSA) is 200 Å². The first kappa shape index (κ1) is 48.9. The van der Waals surface area contributed by atoms with Crippen molar-refractivity contribution in [2.75, 3.05) is 25.0 Å². The van der Waals surface area contributed by atoms with E-state index in [2.05, 4.69) is 36.9 Å². The Morgan fingerprint density at radius 2 is 1.37 bits per heavy atom. The highest BCUT2D eigenvalue weighted by atomic mass is 35.5. The third-order valence-electron chi connectivity index (χ3n) is 10.4. The predicted octanol–water partition coefficient (Wildman–Crippen LogP) is 6.76. The van der Waals surface area contributed by atoms with E-state index in [1.165, 1.54) is 0 Å². The molecule has 0 radical (unpaired) electrons. The van der Waals surface area contributed by atoms with Crippen LogP contribution >= 0.6 is 11.6 Å². The second-order valence-corrected chi connectivity index (χ2v) is 16.4. The van der Waals surface area contributed by atoms with Gasteiger partial charge in [-0.2, -0.15) is 0 Å². The van der Waals surface area contributed by atoms with Gasteiger partial charge in [-0.15, -0.1) is 0 Å². The van der Waals surface area contributed by atoms with E-state index in [1.807, 2.05) is 58.9 Å². The molecule has 334 valence electrons. The molecule has 3 aromatic carbocycles. The number of carbonyl (C=O) groups excluding carboxylic acids is 5. The van der Waals surface area contributed by atoms with Gasteiger partial charge in [0.1, 0.15) is 23.6 Å². The molecular weight excluding hydrogens is 810 g/mol. The van der Waals surface area contributed by atoms with Gasteiger partial charge in [-0.05, 0) is 111 Å². The fraction of sp³-hybridized carbons (Fsp3) is 0.447. The lowest BCUT2D eigenvalue weighted by Crippen LogP contribution is -2.55. The number of aromatic nitrogens is 1. The zero-order chi connectivity index (χ0) is 45.2. The van der Waals surface area contributed by atoms with Crippen molar-refractivity contribution in [2.45, 2.75) is 104 Å². The van der Waals surface area contributed by atoms with Crippen LogP contribution in [-0.4, -0.2) is 83.5 Å². The Labute approximate surface area is 369 Å². The number of pyridine rings is 1. The molecule has 0 saturated carbocycles. The van der Waals surface area contributed by atoms with E-state index in [-0.39, 0.29) is 30.1 Å². The lowest BCUT2D eigenvalue weighted by atomic mass is 9.94. The van der Waals surface area contributed by atoms with Gasteiger partial charge in [-0.3, -0.25) is 29.0 Å². The number of aliphatic hydroxyl groups is 1. The number of amides is 5. The minimum absolute atomic E-state index is 0.134. The van der Waals surface area contributed by atoms with Crippen molar-refractivity contribution in [1.29, 1.82) is 0 Å². The number of unbranched alkanes of at least 4 members (excludes halogenated alkanes) is 1. The van der Waals surface area contributed by atoms with Crippen LogP contribution in [0.1, 0.15) is 101 Å². The van der Waals surface area contributed by atoms with Gasteiger partial charge >= 0.3 is 0 Å². The quantitative estimate of drug-likeness (QED) is 0.0372. The summed E-state index contributed by atoms with van der Waals surface area (Å²) in [6.45, 7) is 13.0. The summed E-state index contributed by atoms with van der Waals surface area (Å²) >= 11 is 6.08. The molecule has 5 atom stereocenters. The zero-order valence-corrected chi connectivity index (χ0v) is 37.3. The van der Waals surface area contributed by atoms with E-state index in [0.717, 1.165) is 29.4 Å². The van der Waals surface area contributed by atoms with Crippen molar-refractivity contribution in [3.05, 3.63) is 95.1 Å². The van der Waals surface area contributed by atoms with E-state index < -0.39 is 42.0 Å². The summed E-state index contributed by atoms with van der Waals surface area (Å²) in [5.41, 5.74) is 2.38. The number of fused-ring (bicyclic) bond motifs is 1. The maximum Gasteiger partial charge on any atom is 0.251 e. The van der Waals surface area contributed by atoms with Gasteiger partial charge < -0.3 is 41.7 Å². The molecule has 4 rings (SSSR count). The third-order valence-corrected chi connectivity index (χ3v) is 10.7. The first-order valence-corrected chi connectivity index (χ1v) is 21.9.